The van der Waals surface area contributed by atoms with Crippen LogP contribution in [0.3, 0.4) is 0 Å². The minimum Gasteiger partial charge on any atom is -0.478 e. The molecule has 0 saturated carbocycles. The van der Waals surface area contributed by atoms with Gasteiger partial charge >= 0.3 is 0 Å². The Balaban J connectivity index is 1.55. The Bertz CT molecular complexity index is 1440. The highest BCUT2D eigenvalue weighted by molar-refractivity contribution is 5.98. The Hall–Kier alpha value is -4.12. The van der Waals surface area contributed by atoms with Crippen LogP contribution in [0, 0.1) is 6.92 Å². The zero-order valence-electron chi connectivity index (χ0n) is 16.8. The van der Waals surface area contributed by atoms with E-state index in [1.165, 1.54) is 0 Å². The maximum Gasteiger partial charge on any atom is 0.235 e. The van der Waals surface area contributed by atoms with Crippen molar-refractivity contribution >= 4 is 27.7 Å². The summed E-state index contributed by atoms with van der Waals surface area (Å²) in [6.07, 6.45) is 0. The average molecular weight is 410 g/mol. The van der Waals surface area contributed by atoms with Gasteiger partial charge in [-0.2, -0.15) is 0 Å². The summed E-state index contributed by atoms with van der Waals surface area (Å²) in [7, 11) is 0. The first kappa shape index (κ1) is 18.9. The highest BCUT2D eigenvalue weighted by Gasteiger charge is 2.20. The number of rotatable bonds is 5. The van der Waals surface area contributed by atoms with Crippen LogP contribution in [0.2, 0.25) is 0 Å². The minimum absolute atomic E-state index is 0.00649. The topological polar surface area (TPSA) is 69.7 Å². The lowest BCUT2D eigenvalue weighted by molar-refractivity contribution is 0.0894. The Kier molecular flexibility index (Phi) is 4.64. The molecule has 0 spiro atoms. The van der Waals surface area contributed by atoms with Crippen molar-refractivity contribution in [1.82, 2.24) is 0 Å². The predicted molar refractivity (Wildman–Crippen MR) is 119 cm³/mol. The summed E-state index contributed by atoms with van der Waals surface area (Å²) < 4.78 is 17.4. The van der Waals surface area contributed by atoms with Gasteiger partial charge in [-0.3, -0.25) is 9.59 Å². The third-order valence-corrected chi connectivity index (χ3v) is 5.09. The highest BCUT2D eigenvalue weighted by atomic mass is 16.5. The van der Waals surface area contributed by atoms with Crippen molar-refractivity contribution in [2.75, 3.05) is 6.61 Å². The van der Waals surface area contributed by atoms with Crippen molar-refractivity contribution in [2.24, 2.45) is 0 Å². The molecule has 2 heterocycles. The lowest BCUT2D eigenvalue weighted by Crippen LogP contribution is -2.16. The Labute approximate surface area is 177 Å². The van der Waals surface area contributed by atoms with Crippen molar-refractivity contribution < 1.29 is 18.4 Å². The van der Waals surface area contributed by atoms with Gasteiger partial charge in [0.15, 0.2) is 18.1 Å². The minimum atomic E-state index is -0.362. The molecule has 0 radical (unpaired) electrons. The van der Waals surface area contributed by atoms with Crippen molar-refractivity contribution in [3.8, 4) is 17.1 Å². The Morgan fingerprint density at radius 3 is 2.45 bits per heavy atom. The predicted octanol–water partition coefficient (Wildman–Crippen LogP) is 5.78. The summed E-state index contributed by atoms with van der Waals surface area (Å²) in [6.45, 7) is 1.58. The van der Waals surface area contributed by atoms with Gasteiger partial charge in [0.25, 0.3) is 0 Å². The van der Waals surface area contributed by atoms with Crippen molar-refractivity contribution in [1.29, 1.82) is 0 Å². The van der Waals surface area contributed by atoms with Crippen LogP contribution in [0.15, 0.2) is 92.5 Å². The molecule has 0 aliphatic heterocycles. The fraction of sp³-hybridized carbons (Fsp3) is 0.0769. The summed E-state index contributed by atoms with van der Waals surface area (Å²) >= 11 is 0. The van der Waals surface area contributed by atoms with Gasteiger partial charge in [0.2, 0.25) is 17.0 Å². The molecular weight excluding hydrogens is 392 g/mol. The summed E-state index contributed by atoms with van der Waals surface area (Å²) in [5.41, 5.74) is 2.44. The monoisotopic (exact) mass is 410 g/mol. The quantitative estimate of drug-likeness (QED) is 0.344. The van der Waals surface area contributed by atoms with E-state index in [0.717, 1.165) is 10.9 Å². The summed E-state index contributed by atoms with van der Waals surface area (Å²) in [5.74, 6) is 0.120. The molecule has 0 aliphatic carbocycles. The van der Waals surface area contributed by atoms with Gasteiger partial charge in [0.1, 0.15) is 11.2 Å². The summed E-state index contributed by atoms with van der Waals surface area (Å²) in [5, 5.41) is 1.23. The lowest BCUT2D eigenvalue weighted by atomic mass is 10.1. The maximum atomic E-state index is 13.2. The normalized spacial score (nSPS) is 11.1. The number of carbonyl (C=O) groups is 1. The van der Waals surface area contributed by atoms with Crippen LogP contribution in [-0.4, -0.2) is 12.4 Å². The van der Waals surface area contributed by atoms with Gasteiger partial charge in [-0.1, -0.05) is 54.6 Å². The van der Waals surface area contributed by atoms with Gasteiger partial charge in [-0.25, -0.2) is 0 Å². The van der Waals surface area contributed by atoms with Crippen LogP contribution in [0.5, 0.6) is 5.75 Å². The smallest absolute Gasteiger partial charge is 0.235 e. The van der Waals surface area contributed by atoms with Crippen LogP contribution in [-0.2, 0) is 0 Å². The molecule has 0 fully saturated rings. The second-order valence-electron chi connectivity index (χ2n) is 7.32. The molecule has 0 amide bonds. The van der Waals surface area contributed by atoms with E-state index in [0.29, 0.717) is 27.9 Å². The Morgan fingerprint density at radius 1 is 0.871 bits per heavy atom. The first-order valence-corrected chi connectivity index (χ1v) is 9.87. The van der Waals surface area contributed by atoms with Crippen molar-refractivity contribution in [3.63, 3.8) is 0 Å². The van der Waals surface area contributed by atoms with E-state index < -0.39 is 0 Å². The van der Waals surface area contributed by atoms with Crippen LogP contribution in [0.25, 0.3) is 33.3 Å². The van der Waals surface area contributed by atoms with Crippen molar-refractivity contribution in [2.45, 2.75) is 6.92 Å². The molecule has 152 valence electrons. The van der Waals surface area contributed by atoms with E-state index in [-0.39, 0.29) is 29.3 Å². The van der Waals surface area contributed by atoms with Crippen LogP contribution in [0.1, 0.15) is 16.1 Å². The van der Waals surface area contributed by atoms with Crippen LogP contribution in [0.4, 0.5) is 0 Å². The second kappa shape index (κ2) is 7.61. The largest absolute Gasteiger partial charge is 0.478 e. The molecular formula is C26H18O5. The number of benzene rings is 3. The first-order valence-electron chi connectivity index (χ1n) is 9.87. The number of hydrogen-bond acceptors (Lipinski definition) is 5. The summed E-state index contributed by atoms with van der Waals surface area (Å²) in [4.78, 5) is 25.9. The molecule has 0 atom stereocenters. The fourth-order valence-corrected chi connectivity index (χ4v) is 3.52. The molecule has 0 bridgehead atoms. The van der Waals surface area contributed by atoms with Gasteiger partial charge in [0.05, 0.1) is 5.39 Å². The fourth-order valence-electron chi connectivity index (χ4n) is 3.52. The van der Waals surface area contributed by atoms with Gasteiger partial charge in [0, 0.05) is 10.9 Å². The standard InChI is InChI=1S/C26H18O5/c1-16-11-12-19-22(13-16)31-25(17-7-3-2-4-8-17)26(24(19)28)29-15-20(27)23-14-18-9-5-6-10-21(18)30-23/h2-14H,15H2,1H3. The van der Waals surface area contributed by atoms with Gasteiger partial charge in [-0.15, -0.1) is 0 Å². The molecule has 5 nitrogen and oxygen atoms in total. The molecule has 31 heavy (non-hydrogen) atoms. The molecule has 2 aromatic heterocycles. The number of aryl methyl sites for hydroxylation is 1. The van der Waals surface area contributed by atoms with E-state index in [1.54, 1.807) is 18.2 Å². The molecule has 0 N–H and O–H groups in total. The lowest BCUT2D eigenvalue weighted by Gasteiger charge is -2.11. The molecule has 0 unspecified atom stereocenters. The number of carbonyl (C=O) groups excluding carboxylic acids is 1. The molecule has 5 aromatic rings. The van der Waals surface area contributed by atoms with Gasteiger partial charge < -0.3 is 13.6 Å². The SMILES string of the molecule is Cc1ccc2c(=O)c(OCC(=O)c3cc4ccccc4o3)c(-c3ccccc3)oc2c1. The van der Waals surface area contributed by atoms with Crippen LogP contribution < -0.4 is 10.2 Å². The zero-order chi connectivity index (χ0) is 21.4. The third kappa shape index (κ3) is 3.51. The number of fused-ring (bicyclic) bond motifs is 2. The highest BCUT2D eigenvalue weighted by Crippen LogP contribution is 2.31. The second-order valence-corrected chi connectivity index (χ2v) is 7.32. The first-order chi connectivity index (χ1) is 15.1. The molecule has 0 aliphatic rings. The van der Waals surface area contributed by atoms with E-state index in [9.17, 15) is 9.59 Å². The molecule has 5 heteroatoms. The van der Waals surface area contributed by atoms with E-state index in [2.05, 4.69) is 0 Å². The van der Waals surface area contributed by atoms with Gasteiger partial charge in [-0.05, 0) is 36.8 Å². The number of ketones is 1. The number of ether oxygens (including phenoxy) is 1. The van der Waals surface area contributed by atoms with E-state index in [1.807, 2.05) is 67.6 Å². The maximum absolute atomic E-state index is 13.2. The zero-order valence-corrected chi connectivity index (χ0v) is 16.8. The Morgan fingerprint density at radius 2 is 1.65 bits per heavy atom. The molecule has 0 saturated heterocycles. The van der Waals surface area contributed by atoms with Crippen molar-refractivity contribution in [3.05, 3.63) is 100 Å². The number of para-hydroxylation sites is 1. The van der Waals surface area contributed by atoms with E-state index >= 15 is 0 Å². The number of furan rings is 1. The third-order valence-electron chi connectivity index (χ3n) is 5.09. The summed E-state index contributed by atoms with van der Waals surface area (Å²) in [6, 6.07) is 23.6. The molecule has 5 rings (SSSR count). The number of hydrogen-bond donors (Lipinski definition) is 0. The average Bonchev–Trinajstić information content (AvgIpc) is 3.23. The van der Waals surface area contributed by atoms with E-state index in [4.69, 9.17) is 13.6 Å². The number of Topliss-reactive ketones (excluding diaryl/α,β-unsaturated/α-hetero) is 1. The van der Waals surface area contributed by atoms with Crippen LogP contribution >= 0.6 is 0 Å². The molecule has 3 aromatic carbocycles.